The Labute approximate surface area is 119 Å². The second kappa shape index (κ2) is 7.18. The minimum absolute atomic E-state index is 0. The summed E-state index contributed by atoms with van der Waals surface area (Å²) in [6.45, 7) is -0.145. The van der Waals surface area contributed by atoms with Crippen LogP contribution in [0.5, 0.6) is 0 Å². The zero-order valence-electron chi connectivity index (χ0n) is 9.19. The molecule has 0 aliphatic carbocycles. The molecular weight excluding hydrogens is 307 g/mol. The molecule has 1 aliphatic heterocycles. The molecule has 1 atom stereocenters. The molecule has 0 aromatic carbocycles. The first-order valence-corrected chi connectivity index (χ1v) is 5.77. The lowest BCUT2D eigenvalue weighted by Crippen LogP contribution is -2.40. The molecule has 0 saturated carbocycles. The number of carbonyl (C=O) groups is 1. The number of amides is 1. The van der Waals surface area contributed by atoms with Gasteiger partial charge in [-0.15, -0.1) is 36.2 Å². The zero-order chi connectivity index (χ0) is 11.6. The third-order valence-corrected chi connectivity index (χ3v) is 2.99. The second-order valence-corrected chi connectivity index (χ2v) is 4.41. The molecule has 1 saturated heterocycles. The molecule has 1 fully saturated rings. The summed E-state index contributed by atoms with van der Waals surface area (Å²) in [6.07, 6.45) is -0.435. The fourth-order valence-corrected chi connectivity index (χ4v) is 2.08. The molecule has 1 aliphatic rings. The molecule has 104 valence electrons. The fraction of sp³-hybridized carbons (Fsp3) is 0.556. The van der Waals surface area contributed by atoms with Crippen molar-refractivity contribution >= 4 is 42.1 Å². The van der Waals surface area contributed by atoms with Gasteiger partial charge in [0.15, 0.2) is 0 Å². The Kier molecular flexibility index (Phi) is 6.98. The van der Waals surface area contributed by atoms with Crippen LogP contribution in [0.15, 0.2) is 10.9 Å². The van der Waals surface area contributed by atoms with E-state index in [0.717, 1.165) is 5.69 Å². The van der Waals surface area contributed by atoms with Crippen molar-refractivity contribution in [2.75, 3.05) is 6.54 Å². The van der Waals surface area contributed by atoms with E-state index in [1.54, 1.807) is 10.9 Å². The summed E-state index contributed by atoms with van der Waals surface area (Å²) >= 11 is 1.43. The van der Waals surface area contributed by atoms with E-state index < -0.39 is 30.8 Å². The Morgan fingerprint density at radius 2 is 2.33 bits per heavy atom. The van der Waals surface area contributed by atoms with Crippen molar-refractivity contribution in [3.63, 3.8) is 0 Å². The summed E-state index contributed by atoms with van der Waals surface area (Å²) in [7, 11) is 0. The van der Waals surface area contributed by atoms with Crippen molar-refractivity contribution in [3.8, 4) is 0 Å². The number of thiazole rings is 1. The SMILES string of the molecule is Cl.Cl.O=C(NCc1cscn1)C1CC(F)(F)CN1. The lowest BCUT2D eigenvalue weighted by molar-refractivity contribution is -0.123. The Hall–Kier alpha value is -0.500. The topological polar surface area (TPSA) is 54.0 Å². The van der Waals surface area contributed by atoms with Gasteiger partial charge in [0.2, 0.25) is 5.91 Å². The molecule has 2 heterocycles. The number of carbonyl (C=O) groups excluding carboxylic acids is 1. The molecule has 2 N–H and O–H groups in total. The molecule has 18 heavy (non-hydrogen) atoms. The van der Waals surface area contributed by atoms with Gasteiger partial charge in [-0.2, -0.15) is 0 Å². The Bertz CT molecular complexity index is 378. The predicted molar refractivity (Wildman–Crippen MR) is 69.8 cm³/mol. The van der Waals surface area contributed by atoms with Crippen LogP contribution in [-0.2, 0) is 11.3 Å². The van der Waals surface area contributed by atoms with Crippen LogP contribution in [0, 0.1) is 0 Å². The first kappa shape index (κ1) is 17.5. The Morgan fingerprint density at radius 3 is 2.83 bits per heavy atom. The highest BCUT2D eigenvalue weighted by Gasteiger charge is 2.42. The number of nitrogens with one attached hydrogen (secondary N) is 2. The summed E-state index contributed by atoms with van der Waals surface area (Å²) in [5, 5.41) is 6.87. The minimum Gasteiger partial charge on any atom is -0.349 e. The largest absolute Gasteiger partial charge is 0.349 e. The fourth-order valence-electron chi connectivity index (χ4n) is 1.53. The van der Waals surface area contributed by atoms with Gasteiger partial charge in [-0.3, -0.25) is 10.1 Å². The highest BCUT2D eigenvalue weighted by Crippen LogP contribution is 2.25. The van der Waals surface area contributed by atoms with Crippen LogP contribution in [-0.4, -0.2) is 29.4 Å². The number of hydrogen-bond donors (Lipinski definition) is 2. The standard InChI is InChI=1S/C9H11F2N3OS.2ClH/c10-9(11)1-7(13-4-9)8(15)12-2-6-3-16-5-14-6;;/h3,5,7,13H,1-2,4H2,(H,12,15);2*1H. The molecule has 1 unspecified atom stereocenters. The maximum Gasteiger partial charge on any atom is 0.262 e. The van der Waals surface area contributed by atoms with Crippen molar-refractivity contribution in [2.24, 2.45) is 0 Å². The second-order valence-electron chi connectivity index (χ2n) is 3.69. The van der Waals surface area contributed by atoms with Crippen LogP contribution >= 0.6 is 36.2 Å². The predicted octanol–water partition coefficient (Wildman–Crippen LogP) is 1.60. The first-order valence-electron chi connectivity index (χ1n) is 4.83. The van der Waals surface area contributed by atoms with Crippen molar-refractivity contribution < 1.29 is 13.6 Å². The molecule has 1 aromatic rings. The van der Waals surface area contributed by atoms with E-state index >= 15 is 0 Å². The van der Waals surface area contributed by atoms with Crippen LogP contribution < -0.4 is 10.6 Å². The van der Waals surface area contributed by atoms with Crippen LogP contribution in [0.1, 0.15) is 12.1 Å². The lowest BCUT2D eigenvalue weighted by Gasteiger charge is -2.10. The number of halogens is 4. The summed E-state index contributed by atoms with van der Waals surface area (Å²) in [5.74, 6) is -3.17. The van der Waals surface area contributed by atoms with E-state index in [9.17, 15) is 13.6 Å². The average molecular weight is 320 g/mol. The van der Waals surface area contributed by atoms with Gasteiger partial charge in [-0.1, -0.05) is 0 Å². The van der Waals surface area contributed by atoms with Gasteiger partial charge >= 0.3 is 0 Å². The molecule has 1 amide bonds. The van der Waals surface area contributed by atoms with E-state index in [0.29, 0.717) is 0 Å². The Balaban J connectivity index is 0.00000144. The van der Waals surface area contributed by atoms with Crippen molar-refractivity contribution in [3.05, 3.63) is 16.6 Å². The molecule has 1 aromatic heterocycles. The van der Waals surface area contributed by atoms with Crippen LogP contribution in [0.3, 0.4) is 0 Å². The van der Waals surface area contributed by atoms with Gasteiger partial charge in [0.1, 0.15) is 0 Å². The summed E-state index contributed by atoms with van der Waals surface area (Å²) < 4.78 is 25.6. The Morgan fingerprint density at radius 1 is 1.61 bits per heavy atom. The number of hydrogen-bond acceptors (Lipinski definition) is 4. The maximum absolute atomic E-state index is 12.8. The van der Waals surface area contributed by atoms with Crippen molar-refractivity contribution in [1.82, 2.24) is 15.6 Å². The molecule has 9 heteroatoms. The molecule has 0 spiro atoms. The van der Waals surface area contributed by atoms with Gasteiger partial charge < -0.3 is 5.32 Å². The van der Waals surface area contributed by atoms with Crippen molar-refractivity contribution in [1.29, 1.82) is 0 Å². The monoisotopic (exact) mass is 319 g/mol. The maximum atomic E-state index is 12.8. The molecule has 4 nitrogen and oxygen atoms in total. The quantitative estimate of drug-likeness (QED) is 0.889. The number of rotatable bonds is 3. The van der Waals surface area contributed by atoms with Crippen LogP contribution in [0.25, 0.3) is 0 Å². The summed E-state index contributed by atoms with van der Waals surface area (Å²) in [6, 6.07) is -0.798. The van der Waals surface area contributed by atoms with Crippen LogP contribution in [0.4, 0.5) is 8.78 Å². The van der Waals surface area contributed by atoms with E-state index in [2.05, 4.69) is 15.6 Å². The lowest BCUT2D eigenvalue weighted by atomic mass is 10.2. The van der Waals surface area contributed by atoms with Crippen molar-refractivity contribution in [2.45, 2.75) is 24.9 Å². The highest BCUT2D eigenvalue weighted by atomic mass is 35.5. The van der Waals surface area contributed by atoms with Crippen LogP contribution in [0.2, 0.25) is 0 Å². The highest BCUT2D eigenvalue weighted by molar-refractivity contribution is 7.07. The normalized spacial score (nSPS) is 20.7. The van der Waals surface area contributed by atoms with Gasteiger partial charge in [0.25, 0.3) is 5.92 Å². The number of aromatic nitrogens is 1. The molecule has 0 bridgehead atoms. The smallest absolute Gasteiger partial charge is 0.262 e. The molecule has 2 rings (SSSR count). The number of nitrogens with zero attached hydrogens (tertiary/aromatic N) is 1. The van der Waals surface area contributed by atoms with E-state index in [1.165, 1.54) is 11.3 Å². The van der Waals surface area contributed by atoms with Gasteiger partial charge in [0.05, 0.1) is 30.3 Å². The first-order chi connectivity index (χ1) is 7.57. The number of alkyl halides is 2. The van der Waals surface area contributed by atoms with Gasteiger partial charge in [-0.25, -0.2) is 13.8 Å². The molecular formula is C9H13Cl2F2N3OS. The van der Waals surface area contributed by atoms with Gasteiger partial charge in [-0.05, 0) is 0 Å². The summed E-state index contributed by atoms with van der Waals surface area (Å²) in [4.78, 5) is 15.5. The van der Waals surface area contributed by atoms with E-state index in [1.807, 2.05) is 0 Å². The van der Waals surface area contributed by atoms with E-state index in [-0.39, 0.29) is 31.4 Å². The minimum atomic E-state index is -2.78. The average Bonchev–Trinajstić information content (AvgIpc) is 2.83. The molecule has 0 radical (unpaired) electrons. The third kappa shape index (κ3) is 4.64. The zero-order valence-corrected chi connectivity index (χ0v) is 11.6. The third-order valence-electron chi connectivity index (χ3n) is 2.35. The summed E-state index contributed by atoms with van der Waals surface area (Å²) in [5.41, 5.74) is 2.40. The van der Waals surface area contributed by atoms with Gasteiger partial charge in [0, 0.05) is 11.8 Å². The van der Waals surface area contributed by atoms with E-state index in [4.69, 9.17) is 0 Å².